The van der Waals surface area contributed by atoms with Crippen LogP contribution in [0.2, 0.25) is 0 Å². The van der Waals surface area contributed by atoms with E-state index in [1.807, 2.05) is 0 Å². The van der Waals surface area contributed by atoms with Gasteiger partial charge in [0.25, 0.3) is 0 Å². The number of allylic oxidation sites excluding steroid dienone is 5. The van der Waals surface area contributed by atoms with Crippen LogP contribution in [0.4, 0.5) is 61.5 Å². The normalized spacial score (nSPS) is 25.1. The molecule has 446 valence electrons. The van der Waals surface area contributed by atoms with Crippen LogP contribution >= 0.6 is 0 Å². The summed E-state index contributed by atoms with van der Waals surface area (Å²) in [5.74, 6) is -13.5. The van der Waals surface area contributed by atoms with Crippen LogP contribution in [0.25, 0.3) is 0 Å². The molecular formula is C59H76F14O6. The van der Waals surface area contributed by atoms with Crippen molar-refractivity contribution in [3.8, 4) is 23.0 Å². The van der Waals surface area contributed by atoms with Gasteiger partial charge in [-0.1, -0.05) is 68.9 Å². The second-order valence-electron chi connectivity index (χ2n) is 22.1. The van der Waals surface area contributed by atoms with Crippen LogP contribution < -0.4 is 18.9 Å². The maximum atomic E-state index is 15.0. The van der Waals surface area contributed by atoms with Crippen LogP contribution in [0.1, 0.15) is 167 Å². The minimum atomic E-state index is -5.36. The van der Waals surface area contributed by atoms with E-state index in [-0.39, 0.29) is 74.0 Å². The van der Waals surface area contributed by atoms with Crippen LogP contribution in [0.5, 0.6) is 23.0 Å². The number of benzene rings is 2. The fraction of sp³-hybridized carbons (Fsp3) is 0.695. The zero-order chi connectivity index (χ0) is 57.2. The molecule has 79 heavy (non-hydrogen) atoms. The average Bonchev–Trinajstić information content (AvgIpc) is 3.43. The van der Waals surface area contributed by atoms with Crippen molar-refractivity contribution in [2.24, 2.45) is 41.4 Å². The Morgan fingerprint density at radius 3 is 0.987 bits per heavy atom. The molecule has 0 N–H and O–H groups in total. The van der Waals surface area contributed by atoms with Crippen molar-refractivity contribution < 1.29 is 89.9 Å². The topological polar surface area (TPSA) is 55.4 Å². The highest BCUT2D eigenvalue weighted by atomic mass is 19.4. The van der Waals surface area contributed by atoms with Gasteiger partial charge in [0, 0.05) is 37.5 Å². The van der Waals surface area contributed by atoms with Gasteiger partial charge in [0.2, 0.25) is 11.5 Å². The molecule has 0 amide bonds. The third-order valence-corrected chi connectivity index (χ3v) is 16.1. The minimum Gasteiger partial charge on any atom is -0.432 e. The lowest BCUT2D eigenvalue weighted by molar-refractivity contribution is -0.277. The summed E-state index contributed by atoms with van der Waals surface area (Å²) < 4.78 is 219. The zero-order valence-electron chi connectivity index (χ0n) is 44.6. The van der Waals surface area contributed by atoms with Crippen molar-refractivity contribution in [3.63, 3.8) is 0 Å². The lowest BCUT2D eigenvalue weighted by Crippen LogP contribution is -2.37. The molecule has 0 atom stereocenters. The second kappa shape index (κ2) is 30.2. The SMILES string of the molecule is C=CC(CCCCCCOC1CCC(/C=C/C2CCC(C(F)(F)Oc3cc(F)c(OC(F)(F)F)c(F)c3)CC2)CC1)CCCCCCOC1CCC(/C=C/C2CCC(C(F)(F)Oc3cc(F)c(OC(F)(F)F)c(F)c3)CC2)CC1. The smallest absolute Gasteiger partial charge is 0.432 e. The van der Waals surface area contributed by atoms with E-state index in [1.54, 1.807) is 0 Å². The zero-order valence-corrected chi connectivity index (χ0v) is 44.6. The summed E-state index contributed by atoms with van der Waals surface area (Å²) in [5, 5.41) is 0. The molecule has 2 aromatic carbocycles. The third-order valence-electron chi connectivity index (χ3n) is 16.1. The van der Waals surface area contributed by atoms with Crippen molar-refractivity contribution in [2.75, 3.05) is 13.2 Å². The standard InChI is InChI=1S/C59H76F14O6/c1-2-39(11-7-3-5-9-33-74-46-29-21-42(22-30-46)15-13-40-17-25-44(26-18-40)56(64,65)76-48-35-50(60)54(51(61)36-48)78-58(68,69)70)12-8-4-6-10-34-75-47-31-23-43(24-32-47)16-14-41-19-27-45(28-20-41)57(66,67)77-49-37-52(62)55(53(63)38-49)79-59(71,72)73/h2,13-16,35-47H,1,3-12,17-34H2/b15-13+,16-14+. The first-order valence-corrected chi connectivity index (χ1v) is 28.3. The van der Waals surface area contributed by atoms with E-state index in [9.17, 15) is 61.5 Å². The lowest BCUT2D eigenvalue weighted by Gasteiger charge is -2.32. The Balaban J connectivity index is 0.718. The molecule has 6 nitrogen and oxygen atoms in total. The first-order chi connectivity index (χ1) is 37.4. The van der Waals surface area contributed by atoms with Gasteiger partial charge in [-0.05, 0) is 158 Å². The molecule has 6 rings (SSSR count). The number of hydrogen-bond donors (Lipinski definition) is 0. The van der Waals surface area contributed by atoms with Gasteiger partial charge in [0.1, 0.15) is 11.5 Å². The van der Waals surface area contributed by atoms with Gasteiger partial charge in [0.15, 0.2) is 23.3 Å². The Morgan fingerprint density at radius 2 is 0.696 bits per heavy atom. The molecule has 4 aliphatic rings. The molecular weight excluding hydrogens is 1070 g/mol. The number of alkyl halides is 10. The number of rotatable bonds is 29. The highest BCUT2D eigenvalue weighted by Crippen LogP contribution is 2.44. The monoisotopic (exact) mass is 1150 g/mol. The number of unbranched alkanes of at least 4 members (excludes halogenated alkanes) is 6. The summed E-state index contributed by atoms with van der Waals surface area (Å²) >= 11 is 0. The summed E-state index contributed by atoms with van der Waals surface area (Å²) in [4.78, 5) is 0. The molecule has 0 bridgehead atoms. The first kappa shape index (κ1) is 64.0. The maximum Gasteiger partial charge on any atom is 0.573 e. The predicted molar refractivity (Wildman–Crippen MR) is 270 cm³/mol. The van der Waals surface area contributed by atoms with Gasteiger partial charge in [-0.2, -0.15) is 17.6 Å². The Kier molecular flexibility index (Phi) is 24.5. The Labute approximate surface area is 455 Å². The van der Waals surface area contributed by atoms with Gasteiger partial charge >= 0.3 is 24.9 Å². The molecule has 0 aliphatic heterocycles. The Bertz CT molecular complexity index is 2010. The molecule has 0 radical (unpaired) electrons. The third kappa shape index (κ3) is 21.9. The second-order valence-corrected chi connectivity index (χ2v) is 22.1. The quantitative estimate of drug-likeness (QED) is 0.0460. The number of hydrogen-bond acceptors (Lipinski definition) is 6. The van der Waals surface area contributed by atoms with E-state index in [2.05, 4.69) is 55.9 Å². The first-order valence-electron chi connectivity index (χ1n) is 28.3. The van der Waals surface area contributed by atoms with Crippen LogP contribution in [0, 0.1) is 64.7 Å². The van der Waals surface area contributed by atoms with E-state index in [1.165, 1.54) is 0 Å². The van der Waals surface area contributed by atoms with Crippen LogP contribution in [0.15, 0.2) is 61.2 Å². The van der Waals surface area contributed by atoms with Crippen LogP contribution in [-0.4, -0.2) is 50.4 Å². The van der Waals surface area contributed by atoms with Gasteiger partial charge in [0.05, 0.1) is 24.0 Å². The molecule has 4 fully saturated rings. The Hall–Kier alpha value is -4.20. The molecule has 20 heteroatoms. The van der Waals surface area contributed by atoms with Gasteiger partial charge in [-0.3, -0.25) is 0 Å². The fourth-order valence-corrected chi connectivity index (χ4v) is 11.5. The van der Waals surface area contributed by atoms with Crippen LogP contribution in [0.3, 0.4) is 0 Å². The van der Waals surface area contributed by atoms with E-state index < -0.39 is 83.0 Å². The van der Waals surface area contributed by atoms with Crippen molar-refractivity contribution in [3.05, 3.63) is 84.5 Å². The molecule has 0 aromatic heterocycles. The van der Waals surface area contributed by atoms with Crippen molar-refractivity contribution in [2.45, 2.75) is 204 Å². The van der Waals surface area contributed by atoms with Crippen molar-refractivity contribution in [1.82, 2.24) is 0 Å². The fourth-order valence-electron chi connectivity index (χ4n) is 11.5. The summed E-state index contributed by atoms with van der Waals surface area (Å²) in [6, 6.07) is 1.00. The number of ether oxygens (including phenoxy) is 6. The molecule has 4 aliphatic carbocycles. The summed E-state index contributed by atoms with van der Waals surface area (Å²) in [7, 11) is 0. The molecule has 0 saturated heterocycles. The Morgan fingerprint density at radius 1 is 0.405 bits per heavy atom. The van der Waals surface area contributed by atoms with E-state index in [0.717, 1.165) is 129 Å². The van der Waals surface area contributed by atoms with Gasteiger partial charge < -0.3 is 28.4 Å². The molecule has 0 unspecified atom stereocenters. The van der Waals surface area contributed by atoms with Crippen molar-refractivity contribution >= 4 is 0 Å². The maximum absolute atomic E-state index is 15.0. The largest absolute Gasteiger partial charge is 0.573 e. The summed E-state index contributed by atoms with van der Waals surface area (Å²) in [6.07, 6.45) is 14.3. The van der Waals surface area contributed by atoms with Crippen molar-refractivity contribution in [1.29, 1.82) is 0 Å². The summed E-state index contributed by atoms with van der Waals surface area (Å²) in [5.41, 5.74) is 0. The van der Waals surface area contributed by atoms with E-state index in [0.29, 0.717) is 43.4 Å². The van der Waals surface area contributed by atoms with E-state index >= 15 is 0 Å². The number of halogens is 14. The molecule has 0 heterocycles. The highest BCUT2D eigenvalue weighted by molar-refractivity contribution is 5.36. The van der Waals surface area contributed by atoms with E-state index in [4.69, 9.17) is 9.47 Å². The van der Waals surface area contributed by atoms with Crippen LogP contribution in [-0.2, 0) is 9.47 Å². The predicted octanol–water partition coefficient (Wildman–Crippen LogP) is 19.3. The highest BCUT2D eigenvalue weighted by Gasteiger charge is 2.46. The van der Waals surface area contributed by atoms with Gasteiger partial charge in [-0.25, -0.2) is 17.6 Å². The molecule has 2 aromatic rings. The molecule has 4 saturated carbocycles. The van der Waals surface area contributed by atoms with Gasteiger partial charge in [-0.15, -0.1) is 32.9 Å². The minimum absolute atomic E-state index is 0.114. The molecule has 0 spiro atoms. The lowest BCUT2D eigenvalue weighted by atomic mass is 9.80. The summed E-state index contributed by atoms with van der Waals surface area (Å²) in [6.45, 7) is 5.57. The average molecular weight is 1150 g/mol.